The maximum Gasteiger partial charge on any atom is 0.173 e. The number of thiophene rings is 1. The number of aliphatic hydroxyl groups excluding tert-OH is 2. The van der Waals surface area contributed by atoms with Gasteiger partial charge in [0.15, 0.2) is 5.78 Å². The van der Waals surface area contributed by atoms with Crippen molar-refractivity contribution in [2.75, 3.05) is 13.2 Å². The Balaban J connectivity index is 1.73. The molecule has 0 aliphatic heterocycles. The van der Waals surface area contributed by atoms with Gasteiger partial charge in [0.25, 0.3) is 0 Å². The van der Waals surface area contributed by atoms with Crippen LogP contribution in [0.3, 0.4) is 0 Å². The van der Waals surface area contributed by atoms with E-state index in [0.29, 0.717) is 18.3 Å². The van der Waals surface area contributed by atoms with Gasteiger partial charge in [-0.3, -0.25) is 4.79 Å². The average Bonchev–Trinajstić information content (AvgIpc) is 3.19. The molecule has 0 radical (unpaired) electrons. The van der Waals surface area contributed by atoms with E-state index in [2.05, 4.69) is 32.9 Å². The van der Waals surface area contributed by atoms with Crippen LogP contribution in [0.1, 0.15) is 88.8 Å². The van der Waals surface area contributed by atoms with Crippen molar-refractivity contribution in [2.24, 2.45) is 5.41 Å². The molecule has 0 fully saturated rings. The van der Waals surface area contributed by atoms with Gasteiger partial charge in [-0.05, 0) is 79.2 Å². The van der Waals surface area contributed by atoms with Gasteiger partial charge in [0.1, 0.15) is 18.5 Å². The van der Waals surface area contributed by atoms with Gasteiger partial charge < -0.3 is 14.9 Å². The first kappa shape index (κ1) is 25.9. The zero-order valence-corrected chi connectivity index (χ0v) is 21.7. The van der Waals surface area contributed by atoms with Gasteiger partial charge in [0, 0.05) is 11.3 Å². The highest BCUT2D eigenvalue weighted by atomic mass is 32.1. The number of hydrogen-bond acceptors (Lipinski definition) is 5. The fourth-order valence-corrected chi connectivity index (χ4v) is 6.53. The van der Waals surface area contributed by atoms with Crippen molar-refractivity contribution in [3.05, 3.63) is 49.7 Å². The van der Waals surface area contributed by atoms with Gasteiger partial charge in [-0.2, -0.15) is 0 Å². The molecule has 1 aromatic heterocycles. The largest absolute Gasteiger partial charge is 0.490 e. The minimum absolute atomic E-state index is 0.0661. The molecule has 1 atom stereocenters. The molecule has 33 heavy (non-hydrogen) atoms. The summed E-state index contributed by atoms with van der Waals surface area (Å²) in [7, 11) is 0. The number of aliphatic hydroxyl groups is 2. The van der Waals surface area contributed by atoms with E-state index in [0.717, 1.165) is 46.6 Å². The number of aryl methyl sites for hydroxylation is 4. The minimum Gasteiger partial charge on any atom is -0.490 e. The number of ketones is 1. The van der Waals surface area contributed by atoms with Crippen LogP contribution in [-0.2, 0) is 25.7 Å². The average molecular weight is 473 g/mol. The number of ether oxygens (including phenoxy) is 1. The van der Waals surface area contributed by atoms with Gasteiger partial charge in [-0.15, -0.1) is 11.3 Å². The van der Waals surface area contributed by atoms with E-state index in [4.69, 9.17) is 9.84 Å². The second-order valence-electron chi connectivity index (χ2n) is 9.68. The van der Waals surface area contributed by atoms with Crippen molar-refractivity contribution in [2.45, 2.75) is 92.1 Å². The summed E-state index contributed by atoms with van der Waals surface area (Å²) in [6, 6.07) is 4.14. The van der Waals surface area contributed by atoms with Gasteiger partial charge in [0.05, 0.1) is 11.5 Å². The van der Waals surface area contributed by atoms with Crippen LogP contribution in [0.15, 0.2) is 12.1 Å². The Kier molecular flexibility index (Phi) is 8.76. The third-order valence-electron chi connectivity index (χ3n) is 7.52. The summed E-state index contributed by atoms with van der Waals surface area (Å²) in [6.45, 7) is 10.6. The Morgan fingerprint density at radius 2 is 1.82 bits per heavy atom. The van der Waals surface area contributed by atoms with E-state index in [1.54, 1.807) is 11.3 Å². The molecule has 4 nitrogen and oxygen atoms in total. The highest BCUT2D eigenvalue weighted by Gasteiger charge is 2.35. The van der Waals surface area contributed by atoms with E-state index >= 15 is 0 Å². The molecule has 0 saturated carbocycles. The van der Waals surface area contributed by atoms with E-state index in [9.17, 15) is 9.90 Å². The summed E-state index contributed by atoms with van der Waals surface area (Å²) in [5.74, 6) is 1.02. The van der Waals surface area contributed by atoms with Crippen LogP contribution < -0.4 is 4.74 Å². The number of carbonyl (C=O) groups excluding carboxylic acids is 1. The first-order chi connectivity index (χ1) is 15.8. The molecule has 5 heteroatoms. The molecule has 1 aromatic carbocycles. The number of carbonyl (C=O) groups is 1. The molecule has 2 aromatic rings. The molecule has 0 spiro atoms. The first-order valence-corrected chi connectivity index (χ1v) is 13.3. The summed E-state index contributed by atoms with van der Waals surface area (Å²) >= 11 is 1.75. The monoisotopic (exact) mass is 472 g/mol. The Morgan fingerprint density at radius 1 is 1.15 bits per heavy atom. The summed E-state index contributed by atoms with van der Waals surface area (Å²) in [5, 5.41) is 18.6. The van der Waals surface area contributed by atoms with Crippen LogP contribution in [-0.4, -0.2) is 35.3 Å². The molecule has 1 aliphatic carbocycles. The molecule has 0 bridgehead atoms. The third kappa shape index (κ3) is 5.70. The maximum absolute atomic E-state index is 13.3. The quantitative estimate of drug-likeness (QED) is 0.408. The zero-order chi connectivity index (χ0) is 24.2. The van der Waals surface area contributed by atoms with Crippen LogP contribution in [0.5, 0.6) is 5.75 Å². The molecule has 3 rings (SSSR count). The summed E-state index contributed by atoms with van der Waals surface area (Å²) < 4.78 is 5.71. The van der Waals surface area contributed by atoms with E-state index in [1.807, 2.05) is 13.8 Å². The zero-order valence-electron chi connectivity index (χ0n) is 20.9. The summed E-state index contributed by atoms with van der Waals surface area (Å²) in [5.41, 5.74) is 6.34. The summed E-state index contributed by atoms with van der Waals surface area (Å²) in [4.78, 5) is 15.7. The van der Waals surface area contributed by atoms with Crippen molar-refractivity contribution in [3.63, 3.8) is 0 Å². The van der Waals surface area contributed by atoms with Gasteiger partial charge in [-0.1, -0.05) is 45.7 Å². The van der Waals surface area contributed by atoms with Crippen molar-refractivity contribution in [1.29, 1.82) is 0 Å². The Morgan fingerprint density at radius 3 is 2.39 bits per heavy atom. The first-order valence-electron chi connectivity index (χ1n) is 12.5. The van der Waals surface area contributed by atoms with Crippen LogP contribution >= 0.6 is 11.3 Å². The second-order valence-corrected chi connectivity index (χ2v) is 10.8. The van der Waals surface area contributed by atoms with Crippen molar-refractivity contribution in [1.82, 2.24) is 0 Å². The van der Waals surface area contributed by atoms with Crippen LogP contribution in [0.2, 0.25) is 0 Å². The molecular weight excluding hydrogens is 432 g/mol. The smallest absolute Gasteiger partial charge is 0.173 e. The van der Waals surface area contributed by atoms with Crippen molar-refractivity contribution >= 4 is 17.1 Å². The van der Waals surface area contributed by atoms with Crippen LogP contribution in [0.25, 0.3) is 0 Å². The Hall–Kier alpha value is -1.69. The van der Waals surface area contributed by atoms with Crippen molar-refractivity contribution in [3.8, 4) is 5.75 Å². The van der Waals surface area contributed by atoms with Gasteiger partial charge >= 0.3 is 0 Å². The maximum atomic E-state index is 13.3. The predicted molar refractivity (Wildman–Crippen MR) is 136 cm³/mol. The van der Waals surface area contributed by atoms with Gasteiger partial charge in [0.2, 0.25) is 0 Å². The summed E-state index contributed by atoms with van der Waals surface area (Å²) in [6.07, 6.45) is 7.14. The normalized spacial score (nSPS) is 15.8. The molecule has 0 unspecified atom stereocenters. The number of fused-ring (bicyclic) bond motifs is 1. The second kappa shape index (κ2) is 11.2. The van der Waals surface area contributed by atoms with Gasteiger partial charge in [-0.25, -0.2) is 0 Å². The third-order valence-corrected chi connectivity index (χ3v) is 8.98. The lowest BCUT2D eigenvalue weighted by atomic mass is 9.68. The topological polar surface area (TPSA) is 66.8 Å². The number of benzene rings is 1. The predicted octanol–water partition coefficient (Wildman–Crippen LogP) is 5.77. The molecule has 182 valence electrons. The van der Waals surface area contributed by atoms with E-state index in [-0.39, 0.29) is 19.0 Å². The lowest BCUT2D eigenvalue weighted by Crippen LogP contribution is -2.28. The van der Waals surface area contributed by atoms with Crippen LogP contribution in [0, 0.1) is 19.3 Å². The lowest BCUT2D eigenvalue weighted by Gasteiger charge is -2.36. The highest BCUT2D eigenvalue weighted by Crippen LogP contribution is 2.46. The number of Topliss-reactive ketones (excluding diaryl/α,β-unsaturated/α-hetero) is 1. The molecule has 1 aliphatic rings. The fraction of sp³-hybridized carbons (Fsp3) is 0.607. The molecule has 2 N–H and O–H groups in total. The minimum atomic E-state index is -0.884. The molecule has 1 heterocycles. The highest BCUT2D eigenvalue weighted by molar-refractivity contribution is 7.14. The standard InChI is InChI=1S/C28H40O4S/c1-6-25-23-15-28(7-2,8-3)12-11-22(23)27(33-25)24(31)10-9-20-13-18(4)26(19(5)14-20)32-17-21(30)16-29/h13-14,21,29-30H,6-12,15-17H2,1-5H3/t21-/m0/s1. The Labute approximate surface area is 203 Å². The lowest BCUT2D eigenvalue weighted by molar-refractivity contribution is 0.0531. The van der Waals surface area contributed by atoms with Crippen molar-refractivity contribution < 1.29 is 19.7 Å². The number of rotatable bonds is 11. The SMILES string of the molecule is CCc1sc(C(=O)CCc2cc(C)c(OC[C@@H](O)CO)c(C)c2)c2c1CC(CC)(CC)CC2. The van der Waals surface area contributed by atoms with Crippen LogP contribution in [0.4, 0.5) is 0 Å². The fourth-order valence-electron chi connectivity index (χ4n) is 5.25. The molecule has 0 saturated heterocycles. The van der Waals surface area contributed by atoms with E-state index < -0.39 is 6.10 Å². The number of hydrogen-bond donors (Lipinski definition) is 2. The Bertz CT molecular complexity index is 948. The molecular formula is C28H40O4S. The van der Waals surface area contributed by atoms with E-state index in [1.165, 1.54) is 35.3 Å². The molecule has 0 amide bonds.